The molecule has 3 N–H and O–H groups in total. The normalized spacial score (nSPS) is 23.3. The number of halogens is 1. The molecule has 0 bridgehead atoms. The third-order valence-corrected chi connectivity index (χ3v) is 7.50. The number of anilines is 1. The number of primary amides is 1. The molecule has 0 aromatic carbocycles. The van der Waals surface area contributed by atoms with Crippen molar-refractivity contribution >= 4 is 29.4 Å². The van der Waals surface area contributed by atoms with E-state index in [4.69, 9.17) is 22.1 Å². The van der Waals surface area contributed by atoms with Crippen LogP contribution >= 0.6 is 11.6 Å². The standard InChI is InChI=1S/C24H33ClN6O3/c1-23(2,3)24(34-22(26)33)7-5-6-15(11-24)21(32)29-20-10-16(18(25)13-27-20)17-12-28-31-9-8-30(4)14-19(17)31/h10,12-13,15H,5-9,11,14H2,1-4H3,(H2,26,33)(H,27,29,32)/t15-,24+/m0/s1. The summed E-state index contributed by atoms with van der Waals surface area (Å²) in [6, 6.07) is 1.80. The van der Waals surface area contributed by atoms with Crippen LogP contribution in [0.1, 0.15) is 52.1 Å². The highest BCUT2D eigenvalue weighted by Gasteiger charge is 2.49. The molecule has 34 heavy (non-hydrogen) atoms. The average molecular weight is 489 g/mol. The van der Waals surface area contributed by atoms with Crippen LogP contribution in [-0.2, 0) is 22.6 Å². The summed E-state index contributed by atoms with van der Waals surface area (Å²) >= 11 is 6.50. The molecule has 184 valence electrons. The number of ether oxygens (including phenoxy) is 1. The maximum Gasteiger partial charge on any atom is 0.405 e. The molecule has 2 atom stereocenters. The second kappa shape index (κ2) is 9.19. The SMILES string of the molecule is CN1CCn2ncc(-c3cc(NC(=O)[C@H]4CCC[C@](OC(N)=O)(C(C)(C)C)C4)ncc3Cl)c2C1. The highest BCUT2D eigenvalue weighted by molar-refractivity contribution is 6.33. The molecule has 0 spiro atoms. The molecule has 0 saturated heterocycles. The molecule has 1 aliphatic heterocycles. The van der Waals surface area contributed by atoms with E-state index in [2.05, 4.69) is 27.3 Å². The molecular weight excluding hydrogens is 456 g/mol. The first-order valence-electron chi connectivity index (χ1n) is 11.7. The number of aromatic nitrogens is 3. The molecule has 1 aliphatic carbocycles. The number of nitrogens with two attached hydrogens (primary N) is 1. The minimum Gasteiger partial charge on any atom is -0.443 e. The number of rotatable bonds is 4. The number of likely N-dealkylation sites (N-methyl/N-ethyl adjacent to an activating group) is 1. The van der Waals surface area contributed by atoms with Gasteiger partial charge in [-0.25, -0.2) is 9.78 Å². The number of carbonyl (C=O) groups is 2. The van der Waals surface area contributed by atoms with Gasteiger partial charge < -0.3 is 15.8 Å². The fourth-order valence-electron chi connectivity index (χ4n) is 5.12. The van der Waals surface area contributed by atoms with Gasteiger partial charge in [-0.05, 0) is 38.8 Å². The number of amides is 2. The van der Waals surface area contributed by atoms with Gasteiger partial charge in [-0.15, -0.1) is 0 Å². The van der Waals surface area contributed by atoms with Crippen LogP contribution in [0.4, 0.5) is 10.6 Å². The highest BCUT2D eigenvalue weighted by atomic mass is 35.5. The number of hydrogen-bond acceptors (Lipinski definition) is 6. The summed E-state index contributed by atoms with van der Waals surface area (Å²) < 4.78 is 7.63. The molecule has 4 rings (SSSR count). The monoisotopic (exact) mass is 488 g/mol. The van der Waals surface area contributed by atoms with Gasteiger partial charge in [-0.2, -0.15) is 5.10 Å². The van der Waals surface area contributed by atoms with Gasteiger partial charge in [0.25, 0.3) is 0 Å². The molecule has 0 radical (unpaired) electrons. The van der Waals surface area contributed by atoms with Gasteiger partial charge >= 0.3 is 6.09 Å². The Morgan fingerprint density at radius 3 is 2.74 bits per heavy atom. The van der Waals surface area contributed by atoms with Crippen LogP contribution in [0, 0.1) is 11.3 Å². The first-order valence-corrected chi connectivity index (χ1v) is 12.1. The summed E-state index contributed by atoms with van der Waals surface area (Å²) in [4.78, 5) is 31.5. The number of fused-ring (bicyclic) bond motifs is 1. The largest absolute Gasteiger partial charge is 0.443 e. The number of carbonyl (C=O) groups excluding carboxylic acids is 2. The molecule has 2 aliphatic rings. The molecule has 1 saturated carbocycles. The third-order valence-electron chi connectivity index (χ3n) is 7.20. The van der Waals surface area contributed by atoms with Crippen LogP contribution in [0.5, 0.6) is 0 Å². The Balaban J connectivity index is 1.55. The molecule has 9 nitrogen and oxygen atoms in total. The van der Waals surface area contributed by atoms with Gasteiger partial charge in [0.15, 0.2) is 0 Å². The summed E-state index contributed by atoms with van der Waals surface area (Å²) in [7, 11) is 2.07. The second-order valence-corrected chi connectivity index (χ2v) is 10.9. The van der Waals surface area contributed by atoms with E-state index < -0.39 is 11.7 Å². The number of hydrogen-bond donors (Lipinski definition) is 2. The maximum atomic E-state index is 13.2. The van der Waals surface area contributed by atoms with E-state index in [-0.39, 0.29) is 17.2 Å². The first-order chi connectivity index (χ1) is 16.0. The first kappa shape index (κ1) is 24.5. The van der Waals surface area contributed by atoms with E-state index in [1.165, 1.54) is 0 Å². The number of nitrogens with one attached hydrogen (secondary N) is 1. The van der Waals surface area contributed by atoms with Crippen molar-refractivity contribution < 1.29 is 14.3 Å². The average Bonchev–Trinajstić information content (AvgIpc) is 3.17. The zero-order valence-corrected chi connectivity index (χ0v) is 21.0. The molecule has 1 fully saturated rings. The lowest BCUT2D eigenvalue weighted by Gasteiger charge is -2.47. The lowest BCUT2D eigenvalue weighted by molar-refractivity contribution is -0.132. The Morgan fingerprint density at radius 1 is 1.26 bits per heavy atom. The van der Waals surface area contributed by atoms with Crippen molar-refractivity contribution in [3.05, 3.63) is 29.2 Å². The Labute approximate surface area is 205 Å². The molecule has 2 aromatic heterocycles. The van der Waals surface area contributed by atoms with Crippen molar-refractivity contribution in [2.45, 2.75) is 65.1 Å². The van der Waals surface area contributed by atoms with E-state index in [9.17, 15) is 9.59 Å². The highest BCUT2D eigenvalue weighted by Crippen LogP contribution is 2.47. The summed E-state index contributed by atoms with van der Waals surface area (Å²) in [5.74, 6) is -0.0546. The van der Waals surface area contributed by atoms with Crippen LogP contribution in [0.3, 0.4) is 0 Å². The van der Waals surface area contributed by atoms with Gasteiger partial charge in [0.2, 0.25) is 5.91 Å². The fraction of sp³-hybridized carbons (Fsp3) is 0.583. The van der Waals surface area contributed by atoms with Crippen LogP contribution < -0.4 is 11.1 Å². The van der Waals surface area contributed by atoms with Gasteiger partial charge in [0.1, 0.15) is 11.4 Å². The molecule has 0 unspecified atom stereocenters. The minimum atomic E-state index is -0.810. The summed E-state index contributed by atoms with van der Waals surface area (Å²) in [5.41, 5.74) is 7.05. The zero-order valence-electron chi connectivity index (χ0n) is 20.2. The summed E-state index contributed by atoms with van der Waals surface area (Å²) in [6.45, 7) is 8.56. The van der Waals surface area contributed by atoms with Crippen molar-refractivity contribution in [3.8, 4) is 11.1 Å². The smallest absolute Gasteiger partial charge is 0.405 e. The van der Waals surface area contributed by atoms with E-state index in [1.54, 1.807) is 12.3 Å². The third kappa shape index (κ3) is 4.77. The van der Waals surface area contributed by atoms with E-state index in [1.807, 2.05) is 31.6 Å². The van der Waals surface area contributed by atoms with Crippen LogP contribution in [0.25, 0.3) is 11.1 Å². The Morgan fingerprint density at radius 2 is 2.03 bits per heavy atom. The van der Waals surface area contributed by atoms with Crippen LogP contribution in [-0.4, -0.2) is 50.9 Å². The Kier molecular flexibility index (Phi) is 6.61. The van der Waals surface area contributed by atoms with Gasteiger partial charge in [-0.3, -0.25) is 14.4 Å². The number of pyridine rings is 1. The van der Waals surface area contributed by atoms with Gasteiger partial charge in [0.05, 0.1) is 23.5 Å². The van der Waals surface area contributed by atoms with Crippen LogP contribution in [0.2, 0.25) is 5.02 Å². The van der Waals surface area contributed by atoms with Crippen molar-refractivity contribution in [3.63, 3.8) is 0 Å². The van der Waals surface area contributed by atoms with Crippen molar-refractivity contribution in [1.29, 1.82) is 0 Å². The topological polar surface area (TPSA) is 115 Å². The predicted molar refractivity (Wildman–Crippen MR) is 130 cm³/mol. The molecule has 3 heterocycles. The lowest BCUT2D eigenvalue weighted by atomic mass is 9.65. The zero-order chi connectivity index (χ0) is 24.7. The van der Waals surface area contributed by atoms with Crippen LogP contribution in [0.15, 0.2) is 18.5 Å². The van der Waals surface area contributed by atoms with E-state index in [0.29, 0.717) is 30.1 Å². The van der Waals surface area contributed by atoms with E-state index in [0.717, 1.165) is 42.9 Å². The second-order valence-electron chi connectivity index (χ2n) is 10.5. The molecule has 10 heteroatoms. The summed E-state index contributed by atoms with van der Waals surface area (Å²) in [6.07, 6.45) is 5.12. The Hall–Kier alpha value is -2.65. The Bertz CT molecular complexity index is 1090. The predicted octanol–water partition coefficient (Wildman–Crippen LogP) is 4.05. The van der Waals surface area contributed by atoms with Gasteiger partial charge in [0, 0.05) is 41.7 Å². The quantitative estimate of drug-likeness (QED) is 0.670. The number of nitrogens with zero attached hydrogens (tertiary/aromatic N) is 4. The van der Waals surface area contributed by atoms with Crippen molar-refractivity contribution in [2.75, 3.05) is 18.9 Å². The molecule has 2 amide bonds. The van der Waals surface area contributed by atoms with Gasteiger partial charge in [-0.1, -0.05) is 32.4 Å². The molecule has 2 aromatic rings. The maximum absolute atomic E-state index is 13.2. The summed E-state index contributed by atoms with van der Waals surface area (Å²) in [5, 5.41) is 7.96. The minimum absolute atomic E-state index is 0.154. The fourth-order valence-corrected chi connectivity index (χ4v) is 5.32. The van der Waals surface area contributed by atoms with E-state index >= 15 is 0 Å². The lowest BCUT2D eigenvalue weighted by Crippen LogP contribution is -2.52. The van der Waals surface area contributed by atoms with Crippen molar-refractivity contribution in [2.24, 2.45) is 17.1 Å². The van der Waals surface area contributed by atoms with Crippen molar-refractivity contribution in [1.82, 2.24) is 19.7 Å². The molecular formula is C24H33ClN6O3.